The summed E-state index contributed by atoms with van der Waals surface area (Å²) in [5.41, 5.74) is -0.344. The molecule has 0 fully saturated rings. The maximum absolute atomic E-state index is 10.4. The van der Waals surface area contributed by atoms with Crippen LogP contribution in [0.3, 0.4) is 0 Å². The second-order valence-corrected chi connectivity index (χ2v) is 1.41. The standard InChI is InChI=1S/C6H3O3/c7-4-6-3-5(8)1-2-9-6/h2-4H. The lowest BCUT2D eigenvalue weighted by Crippen LogP contribution is -1.97. The molecule has 0 spiro atoms. The molecule has 3 nitrogen and oxygen atoms in total. The van der Waals surface area contributed by atoms with E-state index >= 15 is 0 Å². The summed E-state index contributed by atoms with van der Waals surface area (Å²) in [5.74, 6) is 0.0266. The molecule has 0 N–H and O–H groups in total. The highest BCUT2D eigenvalue weighted by atomic mass is 16.3. The molecule has 0 aromatic carbocycles. The molecule has 1 radical (unpaired) electrons. The summed E-state index contributed by atoms with van der Waals surface area (Å²) >= 11 is 0. The number of aldehydes is 1. The Morgan fingerprint density at radius 1 is 1.67 bits per heavy atom. The topological polar surface area (TPSA) is 47.3 Å². The van der Waals surface area contributed by atoms with Crippen LogP contribution < -0.4 is 5.43 Å². The van der Waals surface area contributed by atoms with Crippen LogP contribution in [0, 0.1) is 6.07 Å². The molecule has 0 atom stereocenters. The summed E-state index contributed by atoms with van der Waals surface area (Å²) in [6.45, 7) is 0. The zero-order valence-electron chi connectivity index (χ0n) is 4.46. The molecule has 1 rings (SSSR count). The fraction of sp³-hybridized carbons (Fsp3) is 0. The summed E-state index contributed by atoms with van der Waals surface area (Å²) in [7, 11) is 0. The van der Waals surface area contributed by atoms with Gasteiger partial charge in [-0.3, -0.25) is 9.59 Å². The molecule has 0 bridgehead atoms. The summed E-state index contributed by atoms with van der Waals surface area (Å²) < 4.78 is 4.53. The van der Waals surface area contributed by atoms with Gasteiger partial charge >= 0.3 is 0 Å². The highest BCUT2D eigenvalue weighted by Crippen LogP contribution is 1.85. The molecule has 1 heterocycles. The van der Waals surface area contributed by atoms with Gasteiger partial charge in [0, 0.05) is 6.07 Å². The number of hydrogen-bond acceptors (Lipinski definition) is 3. The van der Waals surface area contributed by atoms with Crippen LogP contribution in [-0.2, 0) is 0 Å². The lowest BCUT2D eigenvalue weighted by molar-refractivity contribution is 0.109. The van der Waals surface area contributed by atoms with E-state index in [0.717, 1.165) is 12.3 Å². The molecule has 0 unspecified atom stereocenters. The van der Waals surface area contributed by atoms with Gasteiger partial charge in [-0.2, -0.15) is 0 Å². The van der Waals surface area contributed by atoms with Crippen LogP contribution in [0.2, 0.25) is 0 Å². The molecule has 1 aromatic rings. The Hall–Kier alpha value is -1.38. The van der Waals surface area contributed by atoms with Crippen molar-refractivity contribution in [2.45, 2.75) is 0 Å². The smallest absolute Gasteiger partial charge is 0.193 e. The Balaban J connectivity index is 3.23. The van der Waals surface area contributed by atoms with Gasteiger partial charge in [0.1, 0.15) is 6.26 Å². The molecule has 3 heteroatoms. The Labute approximate surface area is 50.9 Å². The van der Waals surface area contributed by atoms with Crippen molar-refractivity contribution in [3.63, 3.8) is 0 Å². The van der Waals surface area contributed by atoms with Crippen molar-refractivity contribution in [1.82, 2.24) is 0 Å². The molecular formula is C6H3O3. The fourth-order valence-corrected chi connectivity index (χ4v) is 0.422. The Morgan fingerprint density at radius 3 is 2.89 bits per heavy atom. The van der Waals surface area contributed by atoms with Crippen molar-refractivity contribution in [1.29, 1.82) is 0 Å². The predicted octanol–water partition coefficient (Wildman–Crippen LogP) is 0.252. The van der Waals surface area contributed by atoms with E-state index in [1.54, 1.807) is 0 Å². The van der Waals surface area contributed by atoms with Gasteiger partial charge in [-0.1, -0.05) is 0 Å². The predicted molar refractivity (Wildman–Crippen MR) is 29.2 cm³/mol. The first-order valence-corrected chi connectivity index (χ1v) is 2.28. The molecule has 0 amide bonds. The van der Waals surface area contributed by atoms with E-state index in [0.29, 0.717) is 6.29 Å². The van der Waals surface area contributed by atoms with Crippen LogP contribution >= 0.6 is 0 Å². The summed E-state index contributed by atoms with van der Waals surface area (Å²) in [6, 6.07) is 3.30. The van der Waals surface area contributed by atoms with Gasteiger partial charge in [-0.15, -0.1) is 0 Å². The SMILES string of the molecule is O=Cc1cc(=O)[c]co1. The van der Waals surface area contributed by atoms with Crippen LogP contribution in [-0.4, -0.2) is 6.29 Å². The van der Waals surface area contributed by atoms with Gasteiger partial charge in [-0.05, 0) is 0 Å². The molecule has 1 aromatic heterocycles. The first-order valence-electron chi connectivity index (χ1n) is 2.28. The van der Waals surface area contributed by atoms with Gasteiger partial charge in [0.15, 0.2) is 17.5 Å². The highest BCUT2D eigenvalue weighted by molar-refractivity contribution is 5.69. The minimum atomic E-state index is -0.344. The third kappa shape index (κ3) is 1.25. The second-order valence-electron chi connectivity index (χ2n) is 1.41. The van der Waals surface area contributed by atoms with Gasteiger partial charge in [0.05, 0.1) is 6.07 Å². The van der Waals surface area contributed by atoms with Crippen molar-refractivity contribution < 1.29 is 9.21 Å². The van der Waals surface area contributed by atoms with E-state index in [9.17, 15) is 9.59 Å². The molecule has 0 aliphatic heterocycles. The Morgan fingerprint density at radius 2 is 2.44 bits per heavy atom. The van der Waals surface area contributed by atoms with Crippen LogP contribution in [0.1, 0.15) is 10.6 Å². The maximum atomic E-state index is 10.4. The van der Waals surface area contributed by atoms with Gasteiger partial charge in [0.2, 0.25) is 0 Å². The second kappa shape index (κ2) is 2.26. The van der Waals surface area contributed by atoms with E-state index in [2.05, 4.69) is 10.5 Å². The van der Waals surface area contributed by atoms with Gasteiger partial charge in [-0.25, -0.2) is 0 Å². The van der Waals surface area contributed by atoms with Crippen molar-refractivity contribution in [3.8, 4) is 0 Å². The minimum absolute atomic E-state index is 0.0266. The summed E-state index contributed by atoms with van der Waals surface area (Å²) in [5, 5.41) is 0. The molecule has 0 saturated heterocycles. The molecule has 0 aliphatic carbocycles. The van der Waals surface area contributed by atoms with Crippen molar-refractivity contribution in [3.05, 3.63) is 34.4 Å². The quantitative estimate of drug-likeness (QED) is 0.503. The van der Waals surface area contributed by atoms with Crippen molar-refractivity contribution in [2.75, 3.05) is 0 Å². The van der Waals surface area contributed by atoms with E-state index in [1.165, 1.54) is 0 Å². The minimum Gasteiger partial charge on any atom is -0.461 e. The molecule has 0 aliphatic rings. The van der Waals surface area contributed by atoms with Gasteiger partial charge in [0.25, 0.3) is 0 Å². The van der Waals surface area contributed by atoms with E-state index < -0.39 is 0 Å². The zero-order valence-corrected chi connectivity index (χ0v) is 4.46. The first-order chi connectivity index (χ1) is 4.33. The van der Waals surface area contributed by atoms with Crippen molar-refractivity contribution >= 4 is 6.29 Å². The van der Waals surface area contributed by atoms with Gasteiger partial charge < -0.3 is 4.42 Å². The number of rotatable bonds is 1. The number of carbonyl (C=O) groups is 1. The van der Waals surface area contributed by atoms with Crippen molar-refractivity contribution in [2.24, 2.45) is 0 Å². The first kappa shape index (κ1) is 5.75. The molecule has 9 heavy (non-hydrogen) atoms. The molecule has 45 valence electrons. The fourth-order valence-electron chi connectivity index (χ4n) is 0.422. The molecule has 0 saturated carbocycles. The maximum Gasteiger partial charge on any atom is 0.193 e. The van der Waals surface area contributed by atoms with E-state index in [4.69, 9.17) is 0 Å². The lowest BCUT2D eigenvalue weighted by atomic mass is 10.4. The van der Waals surface area contributed by atoms with E-state index in [-0.39, 0.29) is 11.2 Å². The highest BCUT2D eigenvalue weighted by Gasteiger charge is 1.89. The summed E-state index contributed by atoms with van der Waals surface area (Å²) in [4.78, 5) is 20.3. The summed E-state index contributed by atoms with van der Waals surface area (Å²) in [6.07, 6.45) is 1.53. The monoisotopic (exact) mass is 123 g/mol. The Bertz CT molecular complexity index is 261. The van der Waals surface area contributed by atoms with Crippen LogP contribution in [0.5, 0.6) is 0 Å². The largest absolute Gasteiger partial charge is 0.461 e. The lowest BCUT2D eigenvalue weighted by Gasteiger charge is -1.82. The van der Waals surface area contributed by atoms with Crippen LogP contribution in [0.15, 0.2) is 21.5 Å². The molecular weight excluding hydrogens is 120 g/mol. The third-order valence-corrected chi connectivity index (χ3v) is 0.786. The normalized spacial score (nSPS) is 8.89. The zero-order chi connectivity index (χ0) is 6.69. The van der Waals surface area contributed by atoms with E-state index in [1.807, 2.05) is 0 Å². The third-order valence-electron chi connectivity index (χ3n) is 0.786. The Kier molecular flexibility index (Phi) is 1.44. The number of carbonyl (C=O) groups excluding carboxylic acids is 1. The van der Waals surface area contributed by atoms with Crippen LogP contribution in [0.25, 0.3) is 0 Å². The average molecular weight is 123 g/mol. The number of hydrogen-bond donors (Lipinski definition) is 0. The van der Waals surface area contributed by atoms with Crippen LogP contribution in [0.4, 0.5) is 0 Å². The average Bonchev–Trinajstić information content (AvgIpc) is 1.88.